The zero-order valence-electron chi connectivity index (χ0n) is 15.3. The van der Waals surface area contributed by atoms with Crippen LogP contribution in [0.15, 0.2) is 53.4 Å². The summed E-state index contributed by atoms with van der Waals surface area (Å²) < 4.78 is 27.1. The minimum absolute atomic E-state index is 0.0660. The number of carbonyl (C=O) groups is 2. The summed E-state index contributed by atoms with van der Waals surface area (Å²) in [5.74, 6) is -1.23. The molecule has 1 atom stereocenters. The Morgan fingerprint density at radius 2 is 1.89 bits per heavy atom. The monoisotopic (exact) mass is 403 g/mol. The van der Waals surface area contributed by atoms with E-state index < -0.39 is 27.9 Å². The Balaban J connectivity index is 1.82. The number of amides is 2. The van der Waals surface area contributed by atoms with Crippen LogP contribution in [0.1, 0.15) is 12.0 Å². The van der Waals surface area contributed by atoms with Gasteiger partial charge >= 0.3 is 0 Å². The lowest BCUT2D eigenvalue weighted by Gasteiger charge is -2.33. The maximum Gasteiger partial charge on any atom is 0.243 e. The second-order valence-corrected chi connectivity index (χ2v) is 8.40. The normalized spacial score (nSPS) is 17.8. The third-order valence-electron chi connectivity index (χ3n) is 4.47. The molecule has 0 bridgehead atoms. The van der Waals surface area contributed by atoms with Crippen LogP contribution in [0.25, 0.3) is 0 Å². The Hall–Kier alpha value is -2.91. The number of rotatable bonds is 5. The lowest BCUT2D eigenvalue weighted by Crippen LogP contribution is -2.57. The van der Waals surface area contributed by atoms with Gasteiger partial charge < -0.3 is 15.7 Å². The Kier molecular flexibility index (Phi) is 5.66. The topological polar surface area (TPSA) is 116 Å². The average molecular weight is 403 g/mol. The quantitative estimate of drug-likeness (QED) is 0.649. The number of anilines is 1. The van der Waals surface area contributed by atoms with Gasteiger partial charge in [-0.3, -0.25) is 9.59 Å². The predicted molar refractivity (Wildman–Crippen MR) is 103 cm³/mol. The molecule has 9 heteroatoms. The van der Waals surface area contributed by atoms with Crippen LogP contribution in [0, 0.1) is 6.92 Å². The van der Waals surface area contributed by atoms with Gasteiger partial charge in [0, 0.05) is 13.1 Å². The maximum atomic E-state index is 13.0. The zero-order valence-corrected chi connectivity index (χ0v) is 16.1. The van der Waals surface area contributed by atoms with Crippen LogP contribution in [-0.4, -0.2) is 48.8 Å². The van der Waals surface area contributed by atoms with E-state index in [1.54, 1.807) is 24.3 Å². The van der Waals surface area contributed by atoms with Crippen molar-refractivity contribution in [3.05, 3.63) is 54.1 Å². The van der Waals surface area contributed by atoms with E-state index in [9.17, 15) is 23.1 Å². The highest BCUT2D eigenvalue weighted by molar-refractivity contribution is 7.89. The van der Waals surface area contributed by atoms with Crippen LogP contribution >= 0.6 is 0 Å². The lowest BCUT2D eigenvalue weighted by molar-refractivity contribution is -0.130. The number of piperazine rings is 1. The standard InChI is InChI=1S/C19H21N3O5S/c1-13-6-8-14(9-7-13)28(26,27)22-11-10-20-19(25)16(22)12-18(24)21-15-4-2-3-5-17(15)23/h2-9,16,23H,10-12H2,1H3,(H,20,25)(H,21,24)/t16-/m1/s1. The first-order chi connectivity index (χ1) is 13.3. The van der Waals surface area contributed by atoms with Gasteiger partial charge in [0.2, 0.25) is 21.8 Å². The highest BCUT2D eigenvalue weighted by Gasteiger charge is 2.39. The molecule has 0 saturated carbocycles. The molecule has 1 saturated heterocycles. The van der Waals surface area contributed by atoms with Crippen molar-refractivity contribution < 1.29 is 23.1 Å². The van der Waals surface area contributed by atoms with Gasteiger partial charge in [-0.15, -0.1) is 0 Å². The summed E-state index contributed by atoms with van der Waals surface area (Å²) in [7, 11) is -3.94. The Bertz CT molecular complexity index is 989. The van der Waals surface area contributed by atoms with Crippen molar-refractivity contribution in [3.63, 3.8) is 0 Å². The van der Waals surface area contributed by atoms with Gasteiger partial charge in [-0.25, -0.2) is 8.42 Å². The second-order valence-electron chi connectivity index (χ2n) is 6.51. The molecule has 1 aliphatic heterocycles. The first kappa shape index (κ1) is 19.8. The molecule has 148 valence electrons. The molecule has 1 fully saturated rings. The number of sulfonamides is 1. The number of benzene rings is 2. The molecule has 0 spiro atoms. The van der Waals surface area contributed by atoms with E-state index in [1.807, 2.05) is 6.92 Å². The summed E-state index contributed by atoms with van der Waals surface area (Å²) >= 11 is 0. The first-order valence-corrected chi connectivity index (χ1v) is 10.2. The van der Waals surface area contributed by atoms with Gasteiger partial charge in [-0.2, -0.15) is 4.31 Å². The molecule has 2 amide bonds. The Morgan fingerprint density at radius 1 is 1.21 bits per heavy atom. The molecule has 3 N–H and O–H groups in total. The number of nitrogens with one attached hydrogen (secondary N) is 2. The maximum absolute atomic E-state index is 13.0. The average Bonchev–Trinajstić information content (AvgIpc) is 2.65. The minimum Gasteiger partial charge on any atom is -0.506 e. The van der Waals surface area contributed by atoms with E-state index in [1.165, 1.54) is 24.3 Å². The van der Waals surface area contributed by atoms with E-state index in [-0.39, 0.29) is 35.8 Å². The summed E-state index contributed by atoms with van der Waals surface area (Å²) in [6.07, 6.45) is -0.370. The van der Waals surface area contributed by atoms with Crippen molar-refractivity contribution in [1.82, 2.24) is 9.62 Å². The number of nitrogens with zero attached hydrogens (tertiary/aromatic N) is 1. The number of aryl methyl sites for hydroxylation is 1. The zero-order chi connectivity index (χ0) is 20.3. The highest BCUT2D eigenvalue weighted by atomic mass is 32.2. The number of phenolic OH excluding ortho intramolecular Hbond substituents is 1. The Morgan fingerprint density at radius 3 is 2.57 bits per heavy atom. The van der Waals surface area contributed by atoms with E-state index in [4.69, 9.17) is 0 Å². The molecule has 0 unspecified atom stereocenters. The van der Waals surface area contributed by atoms with Gasteiger partial charge in [0.1, 0.15) is 11.8 Å². The molecule has 0 aliphatic carbocycles. The fourth-order valence-electron chi connectivity index (χ4n) is 2.98. The minimum atomic E-state index is -3.94. The summed E-state index contributed by atoms with van der Waals surface area (Å²) in [5.41, 5.74) is 1.10. The van der Waals surface area contributed by atoms with Crippen molar-refractivity contribution in [2.24, 2.45) is 0 Å². The van der Waals surface area contributed by atoms with Crippen LogP contribution < -0.4 is 10.6 Å². The number of aromatic hydroxyl groups is 1. The summed E-state index contributed by atoms with van der Waals surface area (Å²) in [4.78, 5) is 24.8. The molecule has 1 aliphatic rings. The number of hydrogen-bond acceptors (Lipinski definition) is 5. The fourth-order valence-corrected chi connectivity index (χ4v) is 4.57. The summed E-state index contributed by atoms with van der Waals surface area (Å²) in [6.45, 7) is 2.08. The molecule has 3 rings (SSSR count). The number of carbonyl (C=O) groups excluding carboxylic acids is 2. The van der Waals surface area contributed by atoms with Gasteiger partial charge in [0.25, 0.3) is 0 Å². The number of hydrogen-bond donors (Lipinski definition) is 3. The SMILES string of the molecule is Cc1ccc(S(=O)(=O)N2CCNC(=O)[C@H]2CC(=O)Nc2ccccc2O)cc1. The third kappa shape index (κ3) is 4.15. The fraction of sp³-hybridized carbons (Fsp3) is 0.263. The van der Waals surface area contributed by atoms with Crippen molar-refractivity contribution in [3.8, 4) is 5.75 Å². The van der Waals surface area contributed by atoms with Crippen molar-refractivity contribution in [1.29, 1.82) is 0 Å². The number of phenols is 1. The second kappa shape index (κ2) is 7.99. The van der Waals surface area contributed by atoms with E-state index in [0.717, 1.165) is 9.87 Å². The number of para-hydroxylation sites is 2. The van der Waals surface area contributed by atoms with E-state index in [2.05, 4.69) is 10.6 Å². The molecule has 28 heavy (non-hydrogen) atoms. The molecule has 8 nitrogen and oxygen atoms in total. The van der Waals surface area contributed by atoms with Crippen molar-refractivity contribution in [2.75, 3.05) is 18.4 Å². The van der Waals surface area contributed by atoms with Crippen LogP contribution in [-0.2, 0) is 19.6 Å². The largest absolute Gasteiger partial charge is 0.506 e. The van der Waals surface area contributed by atoms with E-state index in [0.29, 0.717) is 0 Å². The van der Waals surface area contributed by atoms with Crippen molar-refractivity contribution in [2.45, 2.75) is 24.3 Å². The van der Waals surface area contributed by atoms with Crippen LogP contribution in [0.4, 0.5) is 5.69 Å². The van der Waals surface area contributed by atoms with Crippen LogP contribution in [0.3, 0.4) is 0 Å². The molecule has 2 aromatic rings. The first-order valence-electron chi connectivity index (χ1n) is 8.73. The molecule has 0 radical (unpaired) electrons. The van der Waals surface area contributed by atoms with Crippen molar-refractivity contribution >= 4 is 27.5 Å². The van der Waals surface area contributed by atoms with Crippen LogP contribution in [0.2, 0.25) is 0 Å². The molecular weight excluding hydrogens is 382 g/mol. The predicted octanol–water partition coefficient (Wildman–Crippen LogP) is 1.22. The van der Waals surface area contributed by atoms with Gasteiger partial charge in [0.15, 0.2) is 0 Å². The smallest absolute Gasteiger partial charge is 0.243 e. The van der Waals surface area contributed by atoms with Gasteiger partial charge in [-0.05, 0) is 31.2 Å². The third-order valence-corrected chi connectivity index (χ3v) is 6.39. The summed E-state index contributed by atoms with van der Waals surface area (Å²) in [5, 5.41) is 14.9. The van der Waals surface area contributed by atoms with Crippen LogP contribution in [0.5, 0.6) is 5.75 Å². The summed E-state index contributed by atoms with van der Waals surface area (Å²) in [6, 6.07) is 11.3. The van der Waals surface area contributed by atoms with Gasteiger partial charge in [0.05, 0.1) is 17.0 Å². The molecule has 0 aromatic heterocycles. The van der Waals surface area contributed by atoms with E-state index >= 15 is 0 Å². The lowest BCUT2D eigenvalue weighted by atomic mass is 10.1. The molecule has 1 heterocycles. The molecular formula is C19H21N3O5S. The Labute approximate surface area is 163 Å². The molecule has 2 aromatic carbocycles. The highest BCUT2D eigenvalue weighted by Crippen LogP contribution is 2.24. The van der Waals surface area contributed by atoms with Gasteiger partial charge in [-0.1, -0.05) is 29.8 Å².